The van der Waals surface area contributed by atoms with Crippen LogP contribution in [0.4, 0.5) is 4.79 Å². The summed E-state index contributed by atoms with van der Waals surface area (Å²) in [5, 5.41) is 3.02. The number of nitrogens with zero attached hydrogens (tertiary/aromatic N) is 2. The van der Waals surface area contributed by atoms with Crippen molar-refractivity contribution in [1.29, 1.82) is 0 Å². The van der Waals surface area contributed by atoms with Crippen molar-refractivity contribution in [1.82, 2.24) is 14.5 Å². The summed E-state index contributed by atoms with van der Waals surface area (Å²) in [6, 6.07) is 0.172. The Kier molecular flexibility index (Phi) is 6.22. The Morgan fingerprint density at radius 2 is 1.84 bits per heavy atom. The predicted molar refractivity (Wildman–Crippen MR) is 95.9 cm³/mol. The molecule has 0 unspecified atom stereocenters. The number of sulfonamides is 1. The van der Waals surface area contributed by atoms with Gasteiger partial charge in [-0.25, -0.2) is 13.2 Å². The van der Waals surface area contributed by atoms with Gasteiger partial charge < -0.3 is 15.0 Å². The quantitative estimate of drug-likeness (QED) is 0.790. The van der Waals surface area contributed by atoms with Crippen LogP contribution in [0.25, 0.3) is 0 Å². The third kappa shape index (κ3) is 4.86. The van der Waals surface area contributed by atoms with Gasteiger partial charge in [-0.3, -0.25) is 0 Å². The Morgan fingerprint density at radius 1 is 1.12 bits per heavy atom. The lowest BCUT2D eigenvalue weighted by Gasteiger charge is -2.40. The van der Waals surface area contributed by atoms with Gasteiger partial charge in [0.1, 0.15) is 0 Å². The van der Waals surface area contributed by atoms with Gasteiger partial charge in [-0.15, -0.1) is 0 Å². The number of hydrogen-bond acceptors (Lipinski definition) is 4. The summed E-state index contributed by atoms with van der Waals surface area (Å²) in [6.07, 6.45) is 7.80. The van der Waals surface area contributed by atoms with E-state index in [2.05, 4.69) is 5.32 Å². The summed E-state index contributed by atoms with van der Waals surface area (Å²) >= 11 is 0. The number of urea groups is 1. The maximum Gasteiger partial charge on any atom is 0.317 e. The van der Waals surface area contributed by atoms with Crippen molar-refractivity contribution >= 4 is 16.1 Å². The van der Waals surface area contributed by atoms with Crippen LogP contribution in [0.15, 0.2) is 0 Å². The van der Waals surface area contributed by atoms with Gasteiger partial charge in [-0.1, -0.05) is 6.42 Å². The van der Waals surface area contributed by atoms with E-state index in [0.29, 0.717) is 25.6 Å². The maximum absolute atomic E-state index is 12.4. The SMILES string of the molecule is CS(=O)(=O)N(C1CCC1)[C@H]1CCCN(C(=O)NC[C@H]2CCOC2)CC1. The van der Waals surface area contributed by atoms with E-state index in [1.165, 1.54) is 6.26 Å². The van der Waals surface area contributed by atoms with Crippen molar-refractivity contribution < 1.29 is 17.9 Å². The van der Waals surface area contributed by atoms with Gasteiger partial charge in [0.25, 0.3) is 0 Å². The third-order valence-corrected chi connectivity index (χ3v) is 7.09. The van der Waals surface area contributed by atoms with Gasteiger partial charge in [-0.05, 0) is 38.5 Å². The zero-order valence-electron chi connectivity index (χ0n) is 15.2. The fourth-order valence-electron chi connectivity index (χ4n) is 4.11. The molecule has 2 atom stereocenters. The first-order valence-electron chi connectivity index (χ1n) is 9.54. The highest BCUT2D eigenvalue weighted by Crippen LogP contribution is 2.31. The number of hydrogen-bond donors (Lipinski definition) is 1. The van der Waals surface area contributed by atoms with E-state index in [-0.39, 0.29) is 18.1 Å². The Balaban J connectivity index is 1.53. The summed E-state index contributed by atoms with van der Waals surface area (Å²) in [5.74, 6) is 0.419. The van der Waals surface area contributed by atoms with E-state index in [4.69, 9.17) is 4.74 Å². The Hall–Kier alpha value is -0.860. The summed E-state index contributed by atoms with van der Waals surface area (Å²) in [7, 11) is -3.20. The molecule has 3 aliphatic rings. The fourth-order valence-corrected chi connectivity index (χ4v) is 5.61. The molecule has 3 rings (SSSR count). The highest BCUT2D eigenvalue weighted by molar-refractivity contribution is 7.88. The first kappa shape index (κ1) is 18.9. The van der Waals surface area contributed by atoms with Crippen LogP contribution in [0.5, 0.6) is 0 Å². The van der Waals surface area contributed by atoms with Crippen molar-refractivity contribution in [2.45, 2.75) is 57.0 Å². The van der Waals surface area contributed by atoms with E-state index >= 15 is 0 Å². The van der Waals surface area contributed by atoms with Crippen LogP contribution in [0.3, 0.4) is 0 Å². The second-order valence-electron chi connectivity index (χ2n) is 7.67. The summed E-state index contributed by atoms with van der Waals surface area (Å²) in [6.45, 7) is 3.50. The molecule has 2 heterocycles. The smallest absolute Gasteiger partial charge is 0.317 e. The lowest BCUT2D eigenvalue weighted by Crippen LogP contribution is -2.50. The molecule has 0 aromatic heterocycles. The maximum atomic E-state index is 12.4. The standard InChI is InChI=1S/C17H31N3O4S/c1-25(22,23)20(15-4-2-5-15)16-6-3-9-19(10-7-16)17(21)18-12-14-8-11-24-13-14/h14-16H,2-13H2,1H3,(H,18,21)/t14-,16+/m1/s1. The number of amides is 2. The third-order valence-electron chi connectivity index (χ3n) is 5.73. The van der Waals surface area contributed by atoms with Crippen LogP contribution in [0.2, 0.25) is 0 Å². The molecule has 0 radical (unpaired) electrons. The molecule has 2 amide bonds. The average molecular weight is 374 g/mol. The zero-order valence-corrected chi connectivity index (χ0v) is 16.0. The van der Waals surface area contributed by atoms with Crippen LogP contribution in [0.1, 0.15) is 44.9 Å². The number of rotatable bonds is 5. The van der Waals surface area contributed by atoms with Gasteiger partial charge in [0.2, 0.25) is 10.0 Å². The van der Waals surface area contributed by atoms with Crippen molar-refractivity contribution in [2.24, 2.45) is 5.92 Å². The highest BCUT2D eigenvalue weighted by atomic mass is 32.2. The molecule has 2 saturated heterocycles. The van der Waals surface area contributed by atoms with E-state index in [1.54, 1.807) is 4.31 Å². The molecular weight excluding hydrogens is 342 g/mol. The fraction of sp³-hybridized carbons (Fsp3) is 0.941. The van der Waals surface area contributed by atoms with E-state index in [9.17, 15) is 13.2 Å². The molecule has 3 fully saturated rings. The Morgan fingerprint density at radius 3 is 2.44 bits per heavy atom. The minimum atomic E-state index is -3.20. The first-order valence-corrected chi connectivity index (χ1v) is 11.4. The molecule has 0 bridgehead atoms. The van der Waals surface area contributed by atoms with Gasteiger partial charge in [0.15, 0.2) is 0 Å². The normalized spacial score (nSPS) is 28.6. The molecule has 144 valence electrons. The number of carbonyl (C=O) groups excluding carboxylic acids is 1. The summed E-state index contributed by atoms with van der Waals surface area (Å²) in [4.78, 5) is 14.3. The molecule has 8 heteroatoms. The van der Waals surface area contributed by atoms with Gasteiger partial charge >= 0.3 is 6.03 Å². The summed E-state index contributed by atoms with van der Waals surface area (Å²) in [5.41, 5.74) is 0. The molecule has 1 aliphatic carbocycles. The van der Waals surface area contributed by atoms with Crippen LogP contribution >= 0.6 is 0 Å². The van der Waals surface area contributed by atoms with Crippen molar-refractivity contribution in [3.63, 3.8) is 0 Å². The molecule has 0 aromatic rings. The molecule has 1 saturated carbocycles. The van der Waals surface area contributed by atoms with Crippen LogP contribution in [0, 0.1) is 5.92 Å². The molecule has 7 nitrogen and oxygen atoms in total. The summed E-state index contributed by atoms with van der Waals surface area (Å²) < 4.78 is 31.6. The lowest BCUT2D eigenvalue weighted by atomic mass is 9.91. The average Bonchev–Trinajstić information content (AvgIpc) is 2.91. The second-order valence-corrected chi connectivity index (χ2v) is 9.55. The van der Waals surface area contributed by atoms with Gasteiger partial charge in [-0.2, -0.15) is 4.31 Å². The second kappa shape index (κ2) is 8.22. The highest BCUT2D eigenvalue weighted by Gasteiger charge is 2.37. The Labute approximate surface area is 151 Å². The van der Waals surface area contributed by atoms with Gasteiger partial charge in [0.05, 0.1) is 12.9 Å². The molecule has 0 spiro atoms. The number of carbonyl (C=O) groups is 1. The number of nitrogens with one attached hydrogen (secondary N) is 1. The number of ether oxygens (including phenoxy) is 1. The van der Waals surface area contributed by atoms with E-state index < -0.39 is 10.0 Å². The van der Waals surface area contributed by atoms with Gasteiger partial charge in [0, 0.05) is 44.2 Å². The minimum absolute atomic E-state index is 0.0258. The van der Waals surface area contributed by atoms with E-state index in [1.807, 2.05) is 4.90 Å². The lowest BCUT2D eigenvalue weighted by molar-refractivity contribution is 0.160. The van der Waals surface area contributed by atoms with Crippen molar-refractivity contribution in [2.75, 3.05) is 39.1 Å². The topological polar surface area (TPSA) is 79.0 Å². The van der Waals surface area contributed by atoms with Crippen molar-refractivity contribution in [3.8, 4) is 0 Å². The van der Waals surface area contributed by atoms with E-state index in [0.717, 1.165) is 58.2 Å². The Bertz CT molecular complexity index is 558. The van der Waals surface area contributed by atoms with Crippen LogP contribution in [-0.2, 0) is 14.8 Å². The zero-order chi connectivity index (χ0) is 17.9. The monoisotopic (exact) mass is 373 g/mol. The number of likely N-dealkylation sites (tertiary alicyclic amines) is 1. The van der Waals surface area contributed by atoms with Crippen molar-refractivity contribution in [3.05, 3.63) is 0 Å². The molecule has 25 heavy (non-hydrogen) atoms. The predicted octanol–water partition coefficient (Wildman–Crippen LogP) is 1.40. The van der Waals surface area contributed by atoms with Crippen LogP contribution < -0.4 is 5.32 Å². The van der Waals surface area contributed by atoms with Crippen LogP contribution in [-0.4, -0.2) is 74.8 Å². The molecular formula is C17H31N3O4S. The first-order chi connectivity index (χ1) is 11.9. The molecule has 2 aliphatic heterocycles. The minimum Gasteiger partial charge on any atom is -0.381 e. The molecule has 0 aromatic carbocycles. The molecule has 1 N–H and O–H groups in total. The largest absolute Gasteiger partial charge is 0.381 e.